The molecule has 0 bridgehead atoms. The third-order valence-corrected chi connectivity index (χ3v) is 3.49. The van der Waals surface area contributed by atoms with E-state index < -0.39 is 0 Å². The fourth-order valence-corrected chi connectivity index (χ4v) is 2.10. The van der Waals surface area contributed by atoms with Crippen molar-refractivity contribution in [3.63, 3.8) is 0 Å². The zero-order valence-electron chi connectivity index (χ0n) is 11.8. The first-order valence-electron chi connectivity index (χ1n) is 6.57. The molecule has 0 radical (unpaired) electrons. The van der Waals surface area contributed by atoms with Crippen molar-refractivity contribution in [1.29, 1.82) is 0 Å². The number of thioether (sulfide) groups is 1. The predicted molar refractivity (Wildman–Crippen MR) is 84.9 cm³/mol. The molecule has 2 N–H and O–H groups in total. The first-order valence-corrected chi connectivity index (χ1v) is 7.79. The lowest BCUT2D eigenvalue weighted by atomic mass is 10.2. The molecule has 2 rings (SSSR count). The molecule has 0 aromatic heterocycles. The number of hydrogen-bond donors (Lipinski definition) is 1. The second-order valence-corrected chi connectivity index (χ2v) is 5.21. The second kappa shape index (κ2) is 7.10. The Bertz CT molecular complexity index is 555. The highest BCUT2D eigenvalue weighted by molar-refractivity contribution is 7.98. The molecular formula is C16H19NO2S. The average Bonchev–Trinajstić information content (AvgIpc) is 2.48. The maximum Gasteiger partial charge on any atom is 0.145 e. The van der Waals surface area contributed by atoms with Crippen LogP contribution >= 0.6 is 11.8 Å². The number of benzene rings is 2. The zero-order valence-corrected chi connectivity index (χ0v) is 12.6. The molecule has 3 nitrogen and oxygen atoms in total. The molecule has 0 aliphatic rings. The van der Waals surface area contributed by atoms with E-state index in [0.717, 1.165) is 17.9 Å². The number of ether oxygens (including phenoxy) is 2. The van der Waals surface area contributed by atoms with Crippen molar-refractivity contribution in [2.45, 2.75) is 18.2 Å². The van der Waals surface area contributed by atoms with Gasteiger partial charge < -0.3 is 15.2 Å². The predicted octanol–water partition coefficient (Wildman–Crippen LogP) is 4.57. The first kappa shape index (κ1) is 14.6. The molecule has 4 heteroatoms. The molecule has 0 spiro atoms. The van der Waals surface area contributed by atoms with E-state index in [1.54, 1.807) is 17.8 Å². The van der Waals surface area contributed by atoms with Crippen molar-refractivity contribution in [3.05, 3.63) is 42.5 Å². The van der Waals surface area contributed by atoms with Gasteiger partial charge in [-0.25, -0.2) is 0 Å². The van der Waals surface area contributed by atoms with E-state index >= 15 is 0 Å². The van der Waals surface area contributed by atoms with Crippen LogP contribution in [0.1, 0.15) is 13.3 Å². The van der Waals surface area contributed by atoms with Crippen molar-refractivity contribution >= 4 is 17.4 Å². The Morgan fingerprint density at radius 2 is 1.75 bits per heavy atom. The maximum absolute atomic E-state index is 5.88. The number of nitrogens with two attached hydrogens (primary N) is 1. The molecule has 20 heavy (non-hydrogen) atoms. The lowest BCUT2D eigenvalue weighted by Crippen LogP contribution is -1.99. The molecule has 0 saturated carbocycles. The second-order valence-electron chi connectivity index (χ2n) is 4.33. The molecule has 106 valence electrons. The topological polar surface area (TPSA) is 44.5 Å². The summed E-state index contributed by atoms with van der Waals surface area (Å²) in [7, 11) is 0. The molecule has 0 aliphatic carbocycles. The maximum atomic E-state index is 5.88. The number of nitrogen functional groups attached to an aromatic ring is 1. The van der Waals surface area contributed by atoms with E-state index in [1.807, 2.05) is 42.7 Å². The van der Waals surface area contributed by atoms with Crippen LogP contribution < -0.4 is 15.2 Å². The van der Waals surface area contributed by atoms with Gasteiger partial charge in [0, 0.05) is 11.0 Å². The van der Waals surface area contributed by atoms with Crippen LogP contribution in [-0.4, -0.2) is 12.9 Å². The Hall–Kier alpha value is -1.81. The molecule has 0 aliphatic heterocycles. The Labute approximate surface area is 124 Å². The molecule has 0 fully saturated rings. The molecule has 0 saturated heterocycles. The highest BCUT2D eigenvalue weighted by Gasteiger charge is 2.04. The van der Waals surface area contributed by atoms with Gasteiger partial charge in [-0.3, -0.25) is 0 Å². The van der Waals surface area contributed by atoms with Gasteiger partial charge in [0.15, 0.2) is 0 Å². The van der Waals surface area contributed by atoms with E-state index in [0.29, 0.717) is 18.0 Å². The summed E-state index contributed by atoms with van der Waals surface area (Å²) in [6, 6.07) is 13.4. The summed E-state index contributed by atoms with van der Waals surface area (Å²) < 4.78 is 11.4. The van der Waals surface area contributed by atoms with E-state index in [9.17, 15) is 0 Å². The highest BCUT2D eigenvalue weighted by Crippen LogP contribution is 2.30. The van der Waals surface area contributed by atoms with Gasteiger partial charge in [0.05, 0.1) is 12.3 Å². The SMILES string of the molecule is CCCOc1cc(Oc2ccc(SC)cc2)ccc1N. The van der Waals surface area contributed by atoms with Gasteiger partial charge in [0.1, 0.15) is 17.2 Å². The molecule has 2 aromatic carbocycles. The minimum atomic E-state index is 0.628. The smallest absolute Gasteiger partial charge is 0.145 e. The number of anilines is 1. The largest absolute Gasteiger partial charge is 0.491 e. The normalized spacial score (nSPS) is 10.3. The van der Waals surface area contributed by atoms with Gasteiger partial charge in [-0.2, -0.15) is 0 Å². The van der Waals surface area contributed by atoms with Crippen LogP contribution in [0, 0.1) is 0 Å². The van der Waals surface area contributed by atoms with Gasteiger partial charge >= 0.3 is 0 Å². The van der Waals surface area contributed by atoms with Crippen molar-refractivity contribution in [2.75, 3.05) is 18.6 Å². The van der Waals surface area contributed by atoms with Gasteiger partial charge in [-0.15, -0.1) is 11.8 Å². The molecule has 2 aromatic rings. The molecule has 0 amide bonds. The monoisotopic (exact) mass is 289 g/mol. The van der Waals surface area contributed by atoms with E-state index in [4.69, 9.17) is 15.2 Å². The van der Waals surface area contributed by atoms with Crippen molar-refractivity contribution in [3.8, 4) is 17.2 Å². The van der Waals surface area contributed by atoms with Gasteiger partial charge in [0.25, 0.3) is 0 Å². The van der Waals surface area contributed by atoms with E-state index in [1.165, 1.54) is 4.90 Å². The quantitative estimate of drug-likeness (QED) is 0.625. The van der Waals surface area contributed by atoms with Gasteiger partial charge in [-0.05, 0) is 49.1 Å². The fourth-order valence-electron chi connectivity index (χ4n) is 1.70. The van der Waals surface area contributed by atoms with Gasteiger partial charge in [0.2, 0.25) is 0 Å². The van der Waals surface area contributed by atoms with Gasteiger partial charge in [-0.1, -0.05) is 6.92 Å². The summed E-state index contributed by atoms with van der Waals surface area (Å²) in [5.74, 6) is 2.20. The summed E-state index contributed by atoms with van der Waals surface area (Å²) in [5.41, 5.74) is 6.51. The molecule has 0 unspecified atom stereocenters. The van der Waals surface area contributed by atoms with Crippen LogP contribution in [0.5, 0.6) is 17.2 Å². The van der Waals surface area contributed by atoms with Crippen LogP contribution in [0.4, 0.5) is 5.69 Å². The zero-order chi connectivity index (χ0) is 14.4. The Morgan fingerprint density at radius 3 is 2.40 bits per heavy atom. The minimum Gasteiger partial charge on any atom is -0.491 e. The highest BCUT2D eigenvalue weighted by atomic mass is 32.2. The minimum absolute atomic E-state index is 0.628. The summed E-state index contributed by atoms with van der Waals surface area (Å²) in [6.45, 7) is 2.71. The van der Waals surface area contributed by atoms with Crippen LogP contribution in [-0.2, 0) is 0 Å². The van der Waals surface area contributed by atoms with Crippen LogP contribution in [0.15, 0.2) is 47.4 Å². The lowest BCUT2D eigenvalue weighted by Gasteiger charge is -2.11. The van der Waals surface area contributed by atoms with Crippen molar-refractivity contribution < 1.29 is 9.47 Å². The summed E-state index contributed by atoms with van der Waals surface area (Å²) in [4.78, 5) is 1.21. The van der Waals surface area contributed by atoms with Crippen LogP contribution in [0.2, 0.25) is 0 Å². The first-order chi connectivity index (χ1) is 9.72. The number of hydrogen-bond acceptors (Lipinski definition) is 4. The average molecular weight is 289 g/mol. The molecule has 0 heterocycles. The lowest BCUT2D eigenvalue weighted by molar-refractivity contribution is 0.317. The van der Waals surface area contributed by atoms with E-state index in [2.05, 4.69) is 6.92 Å². The van der Waals surface area contributed by atoms with E-state index in [-0.39, 0.29) is 0 Å². The van der Waals surface area contributed by atoms with Crippen LogP contribution in [0.3, 0.4) is 0 Å². The van der Waals surface area contributed by atoms with Crippen molar-refractivity contribution in [2.24, 2.45) is 0 Å². The standard InChI is InChI=1S/C16H19NO2S/c1-3-10-18-16-11-13(6-9-15(16)17)19-12-4-7-14(20-2)8-5-12/h4-9,11H,3,10,17H2,1-2H3. The summed E-state index contributed by atoms with van der Waals surface area (Å²) >= 11 is 1.71. The van der Waals surface area contributed by atoms with Crippen molar-refractivity contribution in [1.82, 2.24) is 0 Å². The molecule has 0 atom stereocenters. The molecular weight excluding hydrogens is 270 g/mol. The Morgan fingerprint density at radius 1 is 1.05 bits per heavy atom. The third-order valence-electron chi connectivity index (χ3n) is 2.74. The fraction of sp³-hybridized carbons (Fsp3) is 0.250. The third kappa shape index (κ3) is 3.84. The Kier molecular flexibility index (Phi) is 5.18. The van der Waals surface area contributed by atoms with Crippen LogP contribution in [0.25, 0.3) is 0 Å². The summed E-state index contributed by atoms with van der Waals surface area (Å²) in [5, 5.41) is 0. The summed E-state index contributed by atoms with van der Waals surface area (Å²) in [6.07, 6.45) is 2.99. The Balaban J connectivity index is 2.11. The number of rotatable bonds is 6.